The standard InChI is InChI=1S/C12H18N3O2/c1-9-12(17)11(8-16)10(6-14-9)7-15-4-2-13-3-5-15/h6,16-17H,2-5,7-8H2,1H3. The van der Waals surface area contributed by atoms with E-state index in [-0.39, 0.29) is 12.4 Å². The summed E-state index contributed by atoms with van der Waals surface area (Å²) >= 11 is 0. The number of pyridine rings is 1. The van der Waals surface area contributed by atoms with Crippen LogP contribution in [0.15, 0.2) is 6.20 Å². The van der Waals surface area contributed by atoms with Gasteiger partial charge in [0.05, 0.1) is 12.3 Å². The molecule has 1 aromatic heterocycles. The van der Waals surface area contributed by atoms with Gasteiger partial charge in [0.15, 0.2) is 0 Å². The smallest absolute Gasteiger partial charge is 0.142 e. The molecule has 1 aliphatic heterocycles. The van der Waals surface area contributed by atoms with E-state index in [9.17, 15) is 10.2 Å². The van der Waals surface area contributed by atoms with E-state index in [1.807, 2.05) is 0 Å². The van der Waals surface area contributed by atoms with Crippen molar-refractivity contribution >= 4 is 0 Å². The van der Waals surface area contributed by atoms with Crippen LogP contribution in [0.5, 0.6) is 5.75 Å². The fourth-order valence-electron chi connectivity index (χ4n) is 2.04. The summed E-state index contributed by atoms with van der Waals surface area (Å²) in [5.74, 6) is 0.117. The lowest BCUT2D eigenvalue weighted by Crippen LogP contribution is -2.39. The molecule has 0 saturated carbocycles. The molecule has 1 radical (unpaired) electrons. The molecule has 0 atom stereocenters. The Bertz CT molecular complexity index is 390. The second-order valence-electron chi connectivity index (χ2n) is 4.30. The Labute approximate surface area is 101 Å². The van der Waals surface area contributed by atoms with E-state index in [2.05, 4.69) is 15.2 Å². The van der Waals surface area contributed by atoms with Gasteiger partial charge in [-0.25, -0.2) is 5.32 Å². The largest absolute Gasteiger partial charge is 0.506 e. The SMILES string of the molecule is Cc1ncc(CN2CC[N]CC2)c(CO)c1O. The fourth-order valence-corrected chi connectivity index (χ4v) is 2.04. The van der Waals surface area contributed by atoms with E-state index in [0.717, 1.165) is 31.7 Å². The molecule has 2 heterocycles. The van der Waals surface area contributed by atoms with Gasteiger partial charge in [-0.15, -0.1) is 0 Å². The summed E-state index contributed by atoms with van der Waals surface area (Å²) in [7, 11) is 0. The Hall–Kier alpha value is -1.17. The van der Waals surface area contributed by atoms with Crippen molar-refractivity contribution in [2.75, 3.05) is 26.2 Å². The number of aromatic nitrogens is 1. The fraction of sp³-hybridized carbons (Fsp3) is 0.583. The van der Waals surface area contributed by atoms with E-state index in [0.29, 0.717) is 17.8 Å². The molecule has 0 aromatic carbocycles. The van der Waals surface area contributed by atoms with E-state index >= 15 is 0 Å². The summed E-state index contributed by atoms with van der Waals surface area (Å²) in [5.41, 5.74) is 2.06. The summed E-state index contributed by atoms with van der Waals surface area (Å²) in [6.07, 6.45) is 1.74. The first-order valence-corrected chi connectivity index (χ1v) is 5.85. The Kier molecular flexibility index (Phi) is 3.93. The number of nitrogens with zero attached hydrogens (tertiary/aromatic N) is 3. The predicted octanol–water partition coefficient (Wildman–Crippen LogP) is 0.00792. The summed E-state index contributed by atoms with van der Waals surface area (Å²) < 4.78 is 0. The lowest BCUT2D eigenvalue weighted by molar-refractivity contribution is 0.225. The highest BCUT2D eigenvalue weighted by Gasteiger charge is 2.15. The maximum atomic E-state index is 9.85. The predicted molar refractivity (Wildman–Crippen MR) is 63.7 cm³/mol. The van der Waals surface area contributed by atoms with Gasteiger partial charge in [-0.1, -0.05) is 0 Å². The molecule has 5 heteroatoms. The third kappa shape index (κ3) is 2.74. The minimum absolute atomic E-state index is 0.117. The van der Waals surface area contributed by atoms with Crippen molar-refractivity contribution < 1.29 is 10.2 Å². The van der Waals surface area contributed by atoms with E-state index in [1.54, 1.807) is 13.1 Å². The van der Waals surface area contributed by atoms with Gasteiger partial charge in [-0.2, -0.15) is 0 Å². The van der Waals surface area contributed by atoms with Gasteiger partial charge in [-0.05, 0) is 12.5 Å². The molecule has 0 unspecified atom stereocenters. The van der Waals surface area contributed by atoms with Gasteiger partial charge in [0, 0.05) is 44.5 Å². The van der Waals surface area contributed by atoms with Crippen molar-refractivity contribution in [2.24, 2.45) is 0 Å². The van der Waals surface area contributed by atoms with Crippen LogP contribution in [0.1, 0.15) is 16.8 Å². The highest BCUT2D eigenvalue weighted by atomic mass is 16.3. The molecule has 17 heavy (non-hydrogen) atoms. The second-order valence-corrected chi connectivity index (χ2v) is 4.30. The molecule has 1 aliphatic rings. The maximum absolute atomic E-state index is 9.85. The molecule has 1 aromatic rings. The van der Waals surface area contributed by atoms with Crippen molar-refractivity contribution in [3.8, 4) is 5.75 Å². The summed E-state index contributed by atoms with van der Waals surface area (Å²) in [6.45, 7) is 5.88. The Morgan fingerprint density at radius 1 is 1.35 bits per heavy atom. The van der Waals surface area contributed by atoms with E-state index < -0.39 is 0 Å². The number of rotatable bonds is 3. The first-order valence-electron chi connectivity index (χ1n) is 5.85. The molecule has 2 N–H and O–H groups in total. The second kappa shape index (κ2) is 5.44. The lowest BCUT2D eigenvalue weighted by atomic mass is 10.1. The Balaban J connectivity index is 2.17. The minimum Gasteiger partial charge on any atom is -0.506 e. The number of aryl methyl sites for hydroxylation is 1. The van der Waals surface area contributed by atoms with Gasteiger partial charge in [-0.3, -0.25) is 9.88 Å². The Morgan fingerprint density at radius 2 is 2.06 bits per heavy atom. The van der Waals surface area contributed by atoms with Crippen LogP contribution in [0, 0.1) is 6.92 Å². The highest BCUT2D eigenvalue weighted by Crippen LogP contribution is 2.24. The molecule has 0 spiro atoms. The maximum Gasteiger partial charge on any atom is 0.142 e. The van der Waals surface area contributed by atoms with Gasteiger partial charge in [0.25, 0.3) is 0 Å². The molecule has 5 nitrogen and oxygen atoms in total. The molecule has 0 aliphatic carbocycles. The van der Waals surface area contributed by atoms with Crippen LogP contribution in [0.2, 0.25) is 0 Å². The van der Waals surface area contributed by atoms with Crippen LogP contribution in [-0.4, -0.2) is 46.3 Å². The van der Waals surface area contributed by atoms with Crippen LogP contribution in [-0.2, 0) is 13.2 Å². The zero-order valence-electron chi connectivity index (χ0n) is 10.1. The van der Waals surface area contributed by atoms with Crippen molar-refractivity contribution in [2.45, 2.75) is 20.1 Å². The van der Waals surface area contributed by atoms with Crippen molar-refractivity contribution in [1.82, 2.24) is 15.2 Å². The zero-order valence-corrected chi connectivity index (χ0v) is 10.1. The number of aromatic hydroxyl groups is 1. The van der Waals surface area contributed by atoms with Gasteiger partial charge >= 0.3 is 0 Å². The van der Waals surface area contributed by atoms with Gasteiger partial charge in [0.2, 0.25) is 0 Å². The van der Waals surface area contributed by atoms with E-state index in [4.69, 9.17) is 0 Å². The molecular weight excluding hydrogens is 218 g/mol. The van der Waals surface area contributed by atoms with Crippen LogP contribution in [0.3, 0.4) is 0 Å². The third-order valence-corrected chi connectivity index (χ3v) is 3.13. The third-order valence-electron chi connectivity index (χ3n) is 3.13. The number of piperazine rings is 1. The van der Waals surface area contributed by atoms with Gasteiger partial charge in [0.1, 0.15) is 5.75 Å². The molecular formula is C12H18N3O2. The molecule has 0 bridgehead atoms. The highest BCUT2D eigenvalue weighted by molar-refractivity contribution is 5.40. The van der Waals surface area contributed by atoms with E-state index in [1.165, 1.54) is 0 Å². The van der Waals surface area contributed by atoms with Crippen molar-refractivity contribution in [3.63, 3.8) is 0 Å². The number of hydrogen-bond acceptors (Lipinski definition) is 4. The average molecular weight is 236 g/mol. The minimum atomic E-state index is -0.150. The van der Waals surface area contributed by atoms with Crippen molar-refractivity contribution in [1.29, 1.82) is 0 Å². The normalized spacial score (nSPS) is 17.3. The van der Waals surface area contributed by atoms with Crippen LogP contribution in [0.4, 0.5) is 0 Å². The van der Waals surface area contributed by atoms with Crippen LogP contribution in [0.25, 0.3) is 0 Å². The monoisotopic (exact) mass is 236 g/mol. The van der Waals surface area contributed by atoms with Gasteiger partial charge < -0.3 is 10.2 Å². The molecule has 93 valence electrons. The van der Waals surface area contributed by atoms with Crippen LogP contribution >= 0.6 is 0 Å². The van der Waals surface area contributed by atoms with Crippen molar-refractivity contribution in [3.05, 3.63) is 23.0 Å². The zero-order chi connectivity index (χ0) is 12.3. The quantitative estimate of drug-likeness (QED) is 0.775. The van der Waals surface area contributed by atoms with Crippen LogP contribution < -0.4 is 5.32 Å². The number of aliphatic hydroxyl groups is 1. The summed E-state index contributed by atoms with van der Waals surface area (Å²) in [4.78, 5) is 6.40. The molecule has 1 saturated heterocycles. The first kappa shape index (κ1) is 12.3. The molecule has 0 amide bonds. The molecule has 1 fully saturated rings. The number of hydrogen-bond donors (Lipinski definition) is 2. The summed E-state index contributed by atoms with van der Waals surface area (Å²) in [6, 6.07) is 0. The Morgan fingerprint density at radius 3 is 2.71 bits per heavy atom. The average Bonchev–Trinajstić information content (AvgIpc) is 2.36. The molecule has 2 rings (SSSR count). The number of aliphatic hydroxyl groups excluding tert-OH is 1. The lowest BCUT2D eigenvalue weighted by Gasteiger charge is -2.27. The summed E-state index contributed by atoms with van der Waals surface area (Å²) in [5, 5.41) is 23.5. The first-order chi connectivity index (χ1) is 8.22. The topological polar surface area (TPSA) is 70.7 Å².